The topological polar surface area (TPSA) is 74.3 Å². The van der Waals surface area contributed by atoms with Gasteiger partial charge < -0.3 is 18.7 Å². The second kappa shape index (κ2) is 8.09. The molecule has 0 fully saturated rings. The van der Waals surface area contributed by atoms with Crippen molar-refractivity contribution in [2.45, 2.75) is 43.5 Å². The molecule has 6 rings (SSSR count). The lowest BCUT2D eigenvalue weighted by Gasteiger charge is -2.19. The summed E-state index contributed by atoms with van der Waals surface area (Å²) in [6.07, 6.45) is 9.37. The Morgan fingerprint density at radius 2 is 2.03 bits per heavy atom. The maximum atomic E-state index is 6.04. The summed E-state index contributed by atoms with van der Waals surface area (Å²) in [7, 11) is 1.72. The van der Waals surface area contributed by atoms with E-state index in [1.54, 1.807) is 13.3 Å². The Morgan fingerprint density at radius 1 is 1.16 bits per heavy atom. The number of rotatable bonds is 6. The zero-order valence-electron chi connectivity index (χ0n) is 17.9. The summed E-state index contributed by atoms with van der Waals surface area (Å²) in [5, 5.41) is 9.55. The quantitative estimate of drug-likeness (QED) is 0.415. The molecular weight excluding hydrogens is 424 g/mol. The van der Waals surface area contributed by atoms with Gasteiger partial charge in [-0.3, -0.25) is 4.68 Å². The van der Waals surface area contributed by atoms with E-state index in [1.165, 1.54) is 41.5 Å². The number of hydrogen-bond donors (Lipinski definition) is 1. The normalized spacial score (nSPS) is 14.8. The number of nitrogens with one attached hydrogen (secondary N) is 1. The summed E-state index contributed by atoms with van der Waals surface area (Å²) in [5.74, 6) is 2.43. The summed E-state index contributed by atoms with van der Waals surface area (Å²) in [5.41, 5.74) is 5.89. The van der Waals surface area contributed by atoms with Crippen molar-refractivity contribution in [3.63, 3.8) is 0 Å². The number of methoxy groups -OCH3 is 1. The fourth-order valence-corrected chi connectivity index (χ4v) is 5.50. The average Bonchev–Trinajstić information content (AvgIpc) is 3.58. The van der Waals surface area contributed by atoms with E-state index >= 15 is 0 Å². The van der Waals surface area contributed by atoms with Gasteiger partial charge in [-0.2, -0.15) is 5.10 Å². The van der Waals surface area contributed by atoms with Crippen LogP contribution < -0.4 is 14.2 Å². The molecule has 2 aliphatic rings. The minimum atomic E-state index is 0.664. The fourth-order valence-electron chi connectivity index (χ4n) is 4.71. The SMILES string of the molecule is COc1cc2c(cc1SNc1noc3cc(Cn4cccn4)c4c(c13)OCC4)CCCC2. The molecule has 0 amide bonds. The second-order valence-corrected chi connectivity index (χ2v) is 9.08. The Morgan fingerprint density at radius 3 is 2.84 bits per heavy atom. The van der Waals surface area contributed by atoms with E-state index in [9.17, 15) is 0 Å². The number of hydrogen-bond acceptors (Lipinski definition) is 7. The van der Waals surface area contributed by atoms with Crippen molar-refractivity contribution in [1.29, 1.82) is 0 Å². The first kappa shape index (κ1) is 19.5. The van der Waals surface area contributed by atoms with Crippen molar-refractivity contribution in [2.24, 2.45) is 0 Å². The smallest absolute Gasteiger partial charge is 0.191 e. The summed E-state index contributed by atoms with van der Waals surface area (Å²) in [6, 6.07) is 8.42. The van der Waals surface area contributed by atoms with E-state index in [-0.39, 0.29) is 0 Å². The molecule has 4 aromatic rings. The van der Waals surface area contributed by atoms with Gasteiger partial charge in [-0.05, 0) is 78.6 Å². The lowest BCUT2D eigenvalue weighted by molar-refractivity contribution is 0.360. The maximum absolute atomic E-state index is 6.04. The Hall–Kier alpha value is -3.13. The molecule has 32 heavy (non-hydrogen) atoms. The van der Waals surface area contributed by atoms with E-state index in [4.69, 9.17) is 14.0 Å². The number of aromatic nitrogens is 3. The zero-order chi connectivity index (χ0) is 21.5. The molecule has 0 atom stereocenters. The Balaban J connectivity index is 1.32. The van der Waals surface area contributed by atoms with Crippen LogP contribution in [0.25, 0.3) is 11.0 Å². The molecule has 8 heteroatoms. The van der Waals surface area contributed by atoms with Crippen molar-refractivity contribution < 1.29 is 14.0 Å². The molecule has 1 aliphatic heterocycles. The highest BCUT2D eigenvalue weighted by Gasteiger charge is 2.26. The summed E-state index contributed by atoms with van der Waals surface area (Å²) in [4.78, 5) is 1.05. The number of anilines is 1. The van der Waals surface area contributed by atoms with Crippen molar-refractivity contribution in [1.82, 2.24) is 14.9 Å². The Bertz CT molecular complexity index is 1280. The maximum Gasteiger partial charge on any atom is 0.191 e. The molecule has 0 unspecified atom stereocenters. The first-order chi connectivity index (χ1) is 15.8. The highest BCUT2D eigenvalue weighted by atomic mass is 32.2. The first-order valence-electron chi connectivity index (χ1n) is 11.0. The van der Waals surface area contributed by atoms with Gasteiger partial charge in [0.25, 0.3) is 0 Å². The molecule has 0 bridgehead atoms. The van der Waals surface area contributed by atoms with Crippen LogP contribution in [0.4, 0.5) is 5.82 Å². The molecule has 0 spiro atoms. The second-order valence-electron chi connectivity index (χ2n) is 8.23. The lowest BCUT2D eigenvalue weighted by Crippen LogP contribution is -2.04. The monoisotopic (exact) mass is 448 g/mol. The molecule has 1 aliphatic carbocycles. The van der Waals surface area contributed by atoms with Crippen LogP contribution in [0, 0.1) is 0 Å². The average molecular weight is 449 g/mol. The van der Waals surface area contributed by atoms with Gasteiger partial charge in [-0.1, -0.05) is 5.16 Å². The minimum Gasteiger partial charge on any atom is -0.496 e. The van der Waals surface area contributed by atoms with Gasteiger partial charge in [0.15, 0.2) is 11.4 Å². The number of fused-ring (bicyclic) bond motifs is 4. The van der Waals surface area contributed by atoms with Crippen LogP contribution in [0.2, 0.25) is 0 Å². The molecule has 0 saturated carbocycles. The minimum absolute atomic E-state index is 0.664. The van der Waals surface area contributed by atoms with Crippen molar-refractivity contribution in [2.75, 3.05) is 18.4 Å². The van der Waals surface area contributed by atoms with Crippen LogP contribution in [0.1, 0.15) is 35.1 Å². The molecule has 2 aromatic carbocycles. The summed E-state index contributed by atoms with van der Waals surface area (Å²) >= 11 is 1.50. The number of ether oxygens (including phenoxy) is 2. The third-order valence-corrected chi connectivity index (χ3v) is 7.12. The first-order valence-corrected chi connectivity index (χ1v) is 11.8. The van der Waals surface area contributed by atoms with Crippen LogP contribution in [0.3, 0.4) is 0 Å². The van der Waals surface area contributed by atoms with E-state index in [1.807, 2.05) is 16.9 Å². The van der Waals surface area contributed by atoms with Crippen LogP contribution in [-0.4, -0.2) is 28.7 Å². The van der Waals surface area contributed by atoms with Gasteiger partial charge in [0.05, 0.1) is 25.2 Å². The van der Waals surface area contributed by atoms with Gasteiger partial charge in [-0.15, -0.1) is 0 Å². The number of benzene rings is 2. The zero-order valence-corrected chi connectivity index (χ0v) is 18.7. The highest BCUT2D eigenvalue weighted by molar-refractivity contribution is 8.00. The summed E-state index contributed by atoms with van der Waals surface area (Å²) in [6.45, 7) is 1.34. The van der Waals surface area contributed by atoms with E-state index in [0.717, 1.165) is 46.6 Å². The Kier molecular flexibility index (Phi) is 4.94. The molecule has 0 saturated heterocycles. The predicted octanol–water partition coefficient (Wildman–Crippen LogP) is 5.01. The molecule has 3 heterocycles. The van der Waals surface area contributed by atoms with Gasteiger partial charge in [-0.25, -0.2) is 0 Å². The molecular formula is C24H24N4O3S. The summed E-state index contributed by atoms with van der Waals surface area (Å²) < 4.78 is 22.7. The van der Waals surface area contributed by atoms with Crippen LogP contribution in [0.5, 0.6) is 11.5 Å². The fraction of sp³-hybridized carbons (Fsp3) is 0.333. The largest absolute Gasteiger partial charge is 0.496 e. The van der Waals surface area contributed by atoms with Gasteiger partial charge in [0.1, 0.15) is 16.9 Å². The molecule has 0 radical (unpaired) electrons. The molecule has 2 aromatic heterocycles. The van der Waals surface area contributed by atoms with Crippen LogP contribution >= 0.6 is 11.9 Å². The third kappa shape index (κ3) is 3.39. The number of nitrogens with zero attached hydrogens (tertiary/aromatic N) is 3. The molecule has 7 nitrogen and oxygen atoms in total. The molecule has 164 valence electrons. The third-order valence-electron chi connectivity index (χ3n) is 6.29. The standard InChI is InChI=1S/C24H24N4O3S/c1-29-19-11-15-5-2-3-6-16(15)13-21(19)32-27-24-22-20(31-26-24)12-17(14-28-9-4-8-25-28)18-7-10-30-23(18)22/h4,8-9,11-13H,2-3,5-7,10,14H2,1H3,(H,26,27). The van der Waals surface area contributed by atoms with Crippen molar-refractivity contribution in [3.8, 4) is 11.5 Å². The van der Waals surface area contributed by atoms with E-state index in [2.05, 4.69) is 33.2 Å². The van der Waals surface area contributed by atoms with Crippen LogP contribution in [0.15, 0.2) is 46.1 Å². The van der Waals surface area contributed by atoms with E-state index in [0.29, 0.717) is 24.6 Å². The van der Waals surface area contributed by atoms with Gasteiger partial charge >= 0.3 is 0 Å². The molecule has 1 N–H and O–H groups in total. The van der Waals surface area contributed by atoms with Gasteiger partial charge in [0, 0.05) is 24.4 Å². The lowest BCUT2D eigenvalue weighted by atomic mass is 9.92. The van der Waals surface area contributed by atoms with Crippen LogP contribution in [-0.2, 0) is 25.8 Å². The van der Waals surface area contributed by atoms with E-state index < -0.39 is 0 Å². The van der Waals surface area contributed by atoms with Gasteiger partial charge in [0.2, 0.25) is 0 Å². The number of aryl methyl sites for hydroxylation is 2. The van der Waals surface area contributed by atoms with Crippen molar-refractivity contribution in [3.05, 3.63) is 58.9 Å². The predicted molar refractivity (Wildman–Crippen MR) is 124 cm³/mol. The Labute approximate surface area is 190 Å². The highest BCUT2D eigenvalue weighted by Crippen LogP contribution is 2.43. The van der Waals surface area contributed by atoms with Crippen molar-refractivity contribution >= 4 is 28.7 Å².